The Balaban J connectivity index is 1.47. The lowest BCUT2D eigenvalue weighted by Gasteiger charge is -2.29. The molecule has 4 rings (SSSR count). The number of ketones is 1. The fourth-order valence-electron chi connectivity index (χ4n) is 5.75. The number of allylic oxidation sites excluding steroid dienone is 2. The molecule has 3 aliphatic rings. The molecule has 0 radical (unpaired) electrons. The van der Waals surface area contributed by atoms with Gasteiger partial charge in [0.05, 0.1) is 35.1 Å². The van der Waals surface area contributed by atoms with Crippen LogP contribution in [0.2, 0.25) is 0 Å². The van der Waals surface area contributed by atoms with Crippen LogP contribution in [0.15, 0.2) is 36.4 Å². The zero-order valence-corrected chi connectivity index (χ0v) is 23.1. The Morgan fingerprint density at radius 2 is 1.90 bits per heavy atom. The number of hydrogen-bond donors (Lipinski definition) is 0. The molecular formula is C29H37N3O8. The van der Waals surface area contributed by atoms with E-state index in [1.165, 1.54) is 29.2 Å². The maximum absolute atomic E-state index is 13.4. The van der Waals surface area contributed by atoms with Crippen LogP contribution in [0.4, 0.5) is 10.5 Å². The smallest absolute Gasteiger partial charge is 0.338 e. The highest BCUT2D eigenvalue weighted by molar-refractivity contribution is 5.91. The topological polar surface area (TPSA) is 136 Å². The third-order valence-corrected chi connectivity index (χ3v) is 8.14. The van der Waals surface area contributed by atoms with Crippen molar-refractivity contribution in [3.63, 3.8) is 0 Å². The molecule has 40 heavy (non-hydrogen) atoms. The summed E-state index contributed by atoms with van der Waals surface area (Å²) in [5.74, 6) is -0.897. The van der Waals surface area contributed by atoms with Gasteiger partial charge < -0.3 is 19.3 Å². The number of carbonyl (C=O) groups excluding carboxylic acids is 4. The Bertz CT molecular complexity index is 1170. The first-order chi connectivity index (χ1) is 19.2. The van der Waals surface area contributed by atoms with Crippen molar-refractivity contribution in [1.82, 2.24) is 9.80 Å². The first-order valence-electron chi connectivity index (χ1n) is 14.0. The number of nitrogens with zero attached hydrogens (tertiary/aromatic N) is 3. The average Bonchev–Trinajstić information content (AvgIpc) is 3.48. The van der Waals surface area contributed by atoms with Crippen LogP contribution in [-0.4, -0.2) is 77.4 Å². The minimum atomic E-state index is -0.744. The second kappa shape index (κ2) is 12.6. The molecule has 2 heterocycles. The highest BCUT2D eigenvalue weighted by Gasteiger charge is 2.59. The zero-order chi connectivity index (χ0) is 28.9. The molecule has 11 nitrogen and oxygen atoms in total. The number of ether oxygens (including phenoxy) is 2. The van der Waals surface area contributed by atoms with Crippen molar-refractivity contribution >= 4 is 29.4 Å². The molecule has 1 saturated heterocycles. The Morgan fingerprint density at radius 1 is 1.15 bits per heavy atom. The first-order valence-corrected chi connectivity index (χ1v) is 14.0. The summed E-state index contributed by atoms with van der Waals surface area (Å²) in [7, 11) is 1.71. The van der Waals surface area contributed by atoms with Crippen LogP contribution in [-0.2, 0) is 19.1 Å². The van der Waals surface area contributed by atoms with E-state index in [1.807, 2.05) is 0 Å². The number of esters is 2. The number of carbonyl (C=O) groups is 4. The minimum Gasteiger partial charge on any atom is -0.466 e. The maximum atomic E-state index is 13.4. The van der Waals surface area contributed by atoms with Crippen molar-refractivity contribution in [1.29, 1.82) is 0 Å². The molecule has 1 saturated carbocycles. The standard InChI is InChI=1S/C29H37N3O8/c1-3-39-27(35)29-15-8-10-25(33)24-17-23(40-26(34)20-11-13-22(14-12-20)32(37)38)19-31(24)28(36)30(2)16-7-5-4-6-9-21(29)18-29/h6,9,11-14,21,23-24H,3-5,7-8,10,15-19H2,1-2H3/b9-6-/t21-,23+,24+,29+/m1/s1. The molecule has 1 aliphatic carbocycles. The van der Waals surface area contributed by atoms with Gasteiger partial charge in [-0.3, -0.25) is 19.7 Å². The summed E-state index contributed by atoms with van der Waals surface area (Å²) < 4.78 is 11.0. The van der Waals surface area contributed by atoms with Gasteiger partial charge in [-0.25, -0.2) is 9.59 Å². The molecule has 0 unspecified atom stereocenters. The third kappa shape index (κ3) is 6.51. The van der Waals surface area contributed by atoms with Crippen molar-refractivity contribution in [2.75, 3.05) is 26.7 Å². The van der Waals surface area contributed by atoms with Gasteiger partial charge in [0, 0.05) is 38.6 Å². The number of hydrogen-bond acceptors (Lipinski definition) is 8. The van der Waals surface area contributed by atoms with Crippen LogP contribution >= 0.6 is 0 Å². The number of amides is 2. The van der Waals surface area contributed by atoms with Crippen molar-refractivity contribution in [3.05, 3.63) is 52.1 Å². The molecule has 1 aromatic rings. The molecule has 0 N–H and O–H groups in total. The average molecular weight is 556 g/mol. The van der Waals surface area contributed by atoms with Gasteiger partial charge in [0.15, 0.2) is 5.78 Å². The Hall–Kier alpha value is -3.76. The van der Waals surface area contributed by atoms with E-state index in [2.05, 4.69) is 12.2 Å². The quantitative estimate of drug-likeness (QED) is 0.227. The van der Waals surface area contributed by atoms with E-state index < -0.39 is 28.5 Å². The van der Waals surface area contributed by atoms with E-state index in [4.69, 9.17) is 9.47 Å². The summed E-state index contributed by atoms with van der Waals surface area (Å²) in [4.78, 5) is 65.7. The molecule has 2 amide bonds. The lowest BCUT2D eigenvalue weighted by molar-refractivity contribution is -0.384. The molecule has 1 aromatic carbocycles. The predicted molar refractivity (Wildman–Crippen MR) is 144 cm³/mol. The Kier molecular flexibility index (Phi) is 9.21. The van der Waals surface area contributed by atoms with Crippen LogP contribution in [0, 0.1) is 21.4 Å². The molecule has 2 fully saturated rings. The summed E-state index contributed by atoms with van der Waals surface area (Å²) in [5, 5.41) is 10.9. The molecule has 216 valence electrons. The second-order valence-corrected chi connectivity index (χ2v) is 10.9. The van der Waals surface area contributed by atoms with Gasteiger partial charge in [-0.2, -0.15) is 0 Å². The number of nitro benzene ring substituents is 1. The minimum absolute atomic E-state index is 0.0792. The number of non-ortho nitro benzene ring substituents is 1. The fourth-order valence-corrected chi connectivity index (χ4v) is 5.75. The summed E-state index contributed by atoms with van der Waals surface area (Å²) >= 11 is 0. The Morgan fingerprint density at radius 3 is 2.60 bits per heavy atom. The summed E-state index contributed by atoms with van der Waals surface area (Å²) in [5.41, 5.74) is -0.577. The molecule has 0 bridgehead atoms. The van der Waals surface area contributed by atoms with Gasteiger partial charge in [0.2, 0.25) is 0 Å². The number of Topliss-reactive ketones (excluding diaryl/α,β-unsaturated/α-hetero) is 1. The van der Waals surface area contributed by atoms with Gasteiger partial charge in [-0.15, -0.1) is 0 Å². The third-order valence-electron chi connectivity index (χ3n) is 8.14. The van der Waals surface area contributed by atoms with E-state index in [0.717, 1.165) is 19.3 Å². The molecular weight excluding hydrogens is 518 g/mol. The highest BCUT2D eigenvalue weighted by atomic mass is 16.6. The molecule has 4 atom stereocenters. The predicted octanol–water partition coefficient (Wildman–Crippen LogP) is 4.30. The van der Waals surface area contributed by atoms with Crippen molar-refractivity contribution in [3.8, 4) is 0 Å². The van der Waals surface area contributed by atoms with E-state index >= 15 is 0 Å². The lowest BCUT2D eigenvalue weighted by Crippen LogP contribution is -2.47. The summed E-state index contributed by atoms with van der Waals surface area (Å²) in [6.45, 7) is 2.69. The van der Waals surface area contributed by atoms with Crippen LogP contribution in [0.1, 0.15) is 68.6 Å². The second-order valence-electron chi connectivity index (χ2n) is 10.9. The van der Waals surface area contributed by atoms with Gasteiger partial charge in [0.25, 0.3) is 5.69 Å². The van der Waals surface area contributed by atoms with Gasteiger partial charge in [-0.1, -0.05) is 12.2 Å². The van der Waals surface area contributed by atoms with Gasteiger partial charge in [-0.05, 0) is 63.5 Å². The van der Waals surface area contributed by atoms with Crippen LogP contribution in [0.5, 0.6) is 0 Å². The van der Waals surface area contributed by atoms with E-state index in [-0.39, 0.29) is 54.3 Å². The largest absolute Gasteiger partial charge is 0.466 e. The van der Waals surface area contributed by atoms with Crippen LogP contribution in [0.3, 0.4) is 0 Å². The number of nitro groups is 1. The number of benzene rings is 1. The number of urea groups is 1. The first kappa shape index (κ1) is 29.2. The SMILES string of the molecule is CCOC(=O)[C@]12CCCC(=O)[C@@H]3C[C@H](OC(=O)c4ccc([N+](=O)[O-])cc4)CN3C(=O)N(C)CCCC/C=C\[C@@H]1C2. The number of fused-ring (bicyclic) bond motifs is 2. The van der Waals surface area contributed by atoms with Crippen molar-refractivity contribution in [2.24, 2.45) is 11.3 Å². The molecule has 2 aliphatic heterocycles. The zero-order valence-electron chi connectivity index (χ0n) is 23.1. The van der Waals surface area contributed by atoms with Crippen LogP contribution in [0.25, 0.3) is 0 Å². The summed E-state index contributed by atoms with van der Waals surface area (Å²) in [6.07, 6.45) is 8.12. The monoisotopic (exact) mass is 555 g/mol. The molecule has 0 spiro atoms. The lowest BCUT2D eigenvalue weighted by atomic mass is 9.93. The summed E-state index contributed by atoms with van der Waals surface area (Å²) in [6, 6.07) is 4.05. The van der Waals surface area contributed by atoms with Crippen LogP contribution < -0.4 is 0 Å². The fraction of sp³-hybridized carbons (Fsp3) is 0.586. The van der Waals surface area contributed by atoms with Crippen molar-refractivity contribution < 1.29 is 33.6 Å². The molecule has 0 aromatic heterocycles. The van der Waals surface area contributed by atoms with Gasteiger partial charge in [0.1, 0.15) is 6.10 Å². The number of rotatable bonds is 5. The van der Waals surface area contributed by atoms with E-state index in [9.17, 15) is 29.3 Å². The van der Waals surface area contributed by atoms with Crippen molar-refractivity contribution in [2.45, 2.75) is 70.4 Å². The van der Waals surface area contributed by atoms with E-state index in [1.54, 1.807) is 18.9 Å². The normalized spacial score (nSPS) is 28.3. The maximum Gasteiger partial charge on any atom is 0.338 e. The van der Waals surface area contributed by atoms with Gasteiger partial charge >= 0.3 is 18.0 Å². The highest BCUT2D eigenvalue weighted by Crippen LogP contribution is 2.58. The Labute approximate surface area is 233 Å². The molecule has 11 heteroatoms. The van der Waals surface area contributed by atoms with E-state index in [0.29, 0.717) is 32.4 Å².